The largest absolute Gasteiger partial charge is 0.0756 e. The van der Waals surface area contributed by atoms with Crippen molar-refractivity contribution in [3.63, 3.8) is 0 Å². The van der Waals surface area contributed by atoms with Gasteiger partial charge in [-0.3, -0.25) is 0 Å². The Morgan fingerprint density at radius 2 is 1.10 bits per heavy atom. The molecular formula is C19H25Si2. The van der Waals surface area contributed by atoms with Crippen LogP contribution in [-0.2, 0) is 12.8 Å². The molecule has 0 heterocycles. The summed E-state index contributed by atoms with van der Waals surface area (Å²) in [5.41, 5.74) is 5.75. The van der Waals surface area contributed by atoms with Crippen LogP contribution in [0.25, 0.3) is 0 Å². The molecule has 0 aliphatic heterocycles. The Hall–Kier alpha value is -1.13. The van der Waals surface area contributed by atoms with Gasteiger partial charge in [0.15, 0.2) is 0 Å². The second-order valence-electron chi connectivity index (χ2n) is 5.82. The van der Waals surface area contributed by atoms with E-state index in [1.54, 1.807) is 0 Å². The lowest BCUT2D eigenvalue weighted by Gasteiger charge is -2.13. The molecule has 0 aliphatic carbocycles. The molecule has 2 aromatic rings. The Labute approximate surface area is 133 Å². The zero-order valence-electron chi connectivity index (χ0n) is 13.4. The summed E-state index contributed by atoms with van der Waals surface area (Å²) >= 11 is 0. The Morgan fingerprint density at radius 1 is 0.714 bits per heavy atom. The van der Waals surface area contributed by atoms with Crippen LogP contribution in [0.3, 0.4) is 0 Å². The Morgan fingerprint density at radius 3 is 1.43 bits per heavy atom. The van der Waals surface area contributed by atoms with Crippen LogP contribution in [0, 0.1) is 13.8 Å². The van der Waals surface area contributed by atoms with E-state index in [0.29, 0.717) is 0 Å². The summed E-state index contributed by atoms with van der Waals surface area (Å²) in [5.74, 6) is 0. The molecule has 0 atom stereocenters. The molecule has 2 aromatic carbocycles. The van der Waals surface area contributed by atoms with E-state index in [-0.39, 0.29) is 8.31 Å². The van der Waals surface area contributed by atoms with Crippen molar-refractivity contribution >= 4 is 17.4 Å². The Kier molecular flexibility index (Phi) is 6.46. The van der Waals surface area contributed by atoms with Crippen molar-refractivity contribution in [1.29, 1.82) is 0 Å². The average Bonchev–Trinajstić information content (AvgIpc) is 2.51. The lowest BCUT2D eigenvalue weighted by molar-refractivity contribution is 1.06. The lowest BCUT2D eigenvalue weighted by Crippen LogP contribution is -2.21. The first-order valence-electron chi connectivity index (χ1n) is 7.81. The van der Waals surface area contributed by atoms with E-state index in [9.17, 15) is 0 Å². The molecule has 0 aromatic heterocycles. The van der Waals surface area contributed by atoms with Gasteiger partial charge in [-0.05, 0) is 37.8 Å². The van der Waals surface area contributed by atoms with Crippen molar-refractivity contribution in [3.8, 4) is 0 Å². The van der Waals surface area contributed by atoms with Crippen molar-refractivity contribution in [3.05, 3.63) is 70.8 Å². The average molecular weight is 310 g/mol. The van der Waals surface area contributed by atoms with Gasteiger partial charge in [-0.25, -0.2) is 0 Å². The van der Waals surface area contributed by atoms with Crippen LogP contribution in [0.2, 0.25) is 18.6 Å². The second-order valence-corrected chi connectivity index (χ2v) is 12.2. The maximum atomic E-state index is 2.40. The van der Waals surface area contributed by atoms with Crippen molar-refractivity contribution in [2.75, 3.05) is 0 Å². The van der Waals surface area contributed by atoms with Crippen molar-refractivity contribution in [1.82, 2.24) is 0 Å². The molecule has 0 fully saturated rings. The third-order valence-corrected chi connectivity index (χ3v) is 10.1. The number of benzene rings is 2. The lowest BCUT2D eigenvalue weighted by atomic mass is 10.1. The van der Waals surface area contributed by atoms with Gasteiger partial charge in [0.1, 0.15) is 0 Å². The van der Waals surface area contributed by atoms with Gasteiger partial charge in [-0.15, -0.1) is 0 Å². The molecule has 21 heavy (non-hydrogen) atoms. The third-order valence-electron chi connectivity index (χ3n) is 4.03. The van der Waals surface area contributed by atoms with Gasteiger partial charge >= 0.3 is 0 Å². The molecular weight excluding hydrogens is 284 g/mol. The summed E-state index contributed by atoms with van der Waals surface area (Å²) in [4.78, 5) is 0. The fourth-order valence-corrected chi connectivity index (χ4v) is 6.66. The van der Waals surface area contributed by atoms with E-state index in [0.717, 1.165) is 9.04 Å². The highest BCUT2D eigenvalue weighted by molar-refractivity contribution is 7.11. The minimum atomic E-state index is -0.171. The standard InChI is InChI=1S/C19H25Si2/c1-16-4-8-18(9-5-16)12-14-21(20-3)15-13-19-10-6-17(2)7-11-19/h4-11H,12-15H2,1-3H3. The number of hydrogen-bond acceptors (Lipinski definition) is 0. The van der Waals surface area contributed by atoms with E-state index in [1.165, 1.54) is 47.2 Å². The first-order chi connectivity index (χ1) is 10.2. The Bertz CT molecular complexity index is 479. The molecule has 0 saturated carbocycles. The van der Waals surface area contributed by atoms with Gasteiger partial charge in [-0.2, -0.15) is 0 Å². The molecule has 109 valence electrons. The summed E-state index contributed by atoms with van der Waals surface area (Å²) in [6.45, 7) is 6.72. The molecule has 0 bridgehead atoms. The van der Waals surface area contributed by atoms with E-state index in [2.05, 4.69) is 68.9 Å². The van der Waals surface area contributed by atoms with Crippen LogP contribution in [0.5, 0.6) is 0 Å². The summed E-state index contributed by atoms with van der Waals surface area (Å²) in [7, 11) is 0.978. The van der Waals surface area contributed by atoms with E-state index < -0.39 is 0 Å². The monoisotopic (exact) mass is 309 g/mol. The molecule has 2 heteroatoms. The molecule has 0 amide bonds. The summed E-state index contributed by atoms with van der Waals surface area (Å²) in [6, 6.07) is 21.0. The molecule has 0 saturated heterocycles. The fraction of sp³-hybridized carbons (Fsp3) is 0.368. The van der Waals surface area contributed by atoms with Gasteiger partial charge in [0.05, 0.1) is 0 Å². The van der Waals surface area contributed by atoms with Crippen LogP contribution in [0.4, 0.5) is 0 Å². The summed E-state index contributed by atoms with van der Waals surface area (Å²) in [5, 5.41) is 0. The number of rotatable bonds is 7. The first-order valence-corrected chi connectivity index (χ1v) is 12.2. The minimum Gasteiger partial charge on any atom is -0.0756 e. The highest BCUT2D eigenvalue weighted by Crippen LogP contribution is 2.13. The van der Waals surface area contributed by atoms with E-state index in [4.69, 9.17) is 0 Å². The zero-order valence-corrected chi connectivity index (χ0v) is 15.4. The minimum absolute atomic E-state index is 0.171. The number of hydrogen-bond donors (Lipinski definition) is 0. The first kappa shape index (κ1) is 16.2. The molecule has 0 unspecified atom stereocenters. The van der Waals surface area contributed by atoms with Crippen LogP contribution in [0.15, 0.2) is 48.5 Å². The predicted molar refractivity (Wildman–Crippen MR) is 96.8 cm³/mol. The van der Waals surface area contributed by atoms with Crippen LogP contribution in [-0.4, -0.2) is 17.4 Å². The Balaban J connectivity index is 1.80. The van der Waals surface area contributed by atoms with Crippen molar-refractivity contribution < 1.29 is 0 Å². The molecule has 0 aliphatic rings. The molecule has 0 nitrogen and oxygen atoms in total. The van der Waals surface area contributed by atoms with Crippen LogP contribution in [0.1, 0.15) is 22.3 Å². The highest BCUT2D eigenvalue weighted by atomic mass is 29.2. The fourth-order valence-electron chi connectivity index (χ4n) is 2.47. The highest BCUT2D eigenvalue weighted by Gasteiger charge is 2.09. The SMILES string of the molecule is C[Si][Si](CCc1ccc(C)cc1)CCc1ccc(C)cc1. The zero-order chi connectivity index (χ0) is 15.1. The summed E-state index contributed by atoms with van der Waals surface area (Å²) < 4.78 is 0. The van der Waals surface area contributed by atoms with Crippen molar-refractivity contribution in [2.45, 2.75) is 45.3 Å². The topological polar surface area (TPSA) is 0 Å². The summed E-state index contributed by atoms with van der Waals surface area (Å²) in [6.07, 6.45) is 2.53. The van der Waals surface area contributed by atoms with Crippen LogP contribution < -0.4 is 0 Å². The molecule has 0 N–H and O–H groups in total. The normalized spacial score (nSPS) is 11.0. The smallest absolute Gasteiger partial charge is 0.0346 e. The van der Waals surface area contributed by atoms with Crippen LogP contribution >= 0.6 is 0 Å². The maximum absolute atomic E-state index is 2.40. The van der Waals surface area contributed by atoms with Crippen molar-refractivity contribution in [2.24, 2.45) is 0 Å². The maximum Gasteiger partial charge on any atom is 0.0346 e. The molecule has 2 rings (SSSR count). The van der Waals surface area contributed by atoms with Gasteiger partial charge in [0, 0.05) is 17.4 Å². The quantitative estimate of drug-likeness (QED) is 0.642. The van der Waals surface area contributed by atoms with E-state index in [1.807, 2.05) is 0 Å². The third kappa shape index (κ3) is 5.64. The number of aryl methyl sites for hydroxylation is 4. The van der Waals surface area contributed by atoms with Gasteiger partial charge in [-0.1, -0.05) is 78.3 Å². The van der Waals surface area contributed by atoms with Gasteiger partial charge in [0.25, 0.3) is 0 Å². The molecule has 3 radical (unpaired) electrons. The van der Waals surface area contributed by atoms with Gasteiger partial charge in [0.2, 0.25) is 0 Å². The van der Waals surface area contributed by atoms with E-state index >= 15 is 0 Å². The second kappa shape index (κ2) is 8.35. The predicted octanol–water partition coefficient (Wildman–Crippen LogP) is 4.83. The molecule has 0 spiro atoms. The van der Waals surface area contributed by atoms with Gasteiger partial charge < -0.3 is 0 Å².